The number of ether oxygens (including phenoxy) is 1. The van der Waals surface area contributed by atoms with E-state index < -0.39 is 19.2 Å². The molecule has 0 saturated carbocycles. The highest BCUT2D eigenvalue weighted by Crippen LogP contribution is 2.47. The molecule has 154 valence electrons. The van der Waals surface area contributed by atoms with E-state index in [0.29, 0.717) is 21.8 Å². The van der Waals surface area contributed by atoms with Crippen molar-refractivity contribution in [2.24, 2.45) is 0 Å². The SMILES string of the molecule is CCOP(=O)(OCC)c1ccc2c(C(C)=O)cn(CC(=O)OC(C)(C)C)c2c1. The fourth-order valence-electron chi connectivity index (χ4n) is 2.90. The molecule has 7 nitrogen and oxygen atoms in total. The van der Waals surface area contributed by atoms with E-state index in [1.807, 2.05) is 0 Å². The van der Waals surface area contributed by atoms with Crippen molar-refractivity contribution in [3.8, 4) is 0 Å². The van der Waals surface area contributed by atoms with Gasteiger partial charge in [-0.1, -0.05) is 6.07 Å². The molecule has 1 aromatic carbocycles. The van der Waals surface area contributed by atoms with Gasteiger partial charge >= 0.3 is 13.6 Å². The zero-order chi connectivity index (χ0) is 21.1. The predicted molar refractivity (Wildman–Crippen MR) is 108 cm³/mol. The van der Waals surface area contributed by atoms with Gasteiger partial charge in [-0.05, 0) is 53.7 Å². The van der Waals surface area contributed by atoms with Crippen molar-refractivity contribution < 1.29 is 27.9 Å². The number of nitrogens with zero attached hydrogens (tertiary/aromatic N) is 1. The Labute approximate surface area is 165 Å². The highest BCUT2D eigenvalue weighted by Gasteiger charge is 2.28. The van der Waals surface area contributed by atoms with Crippen LogP contribution in [-0.4, -0.2) is 35.1 Å². The summed E-state index contributed by atoms with van der Waals surface area (Å²) in [5, 5.41) is 1.04. The molecule has 0 aliphatic heterocycles. The number of aromatic nitrogens is 1. The number of Topliss-reactive ketones (excluding diaryl/α,β-unsaturated/α-hetero) is 1. The molecular weight excluding hydrogens is 381 g/mol. The first-order valence-electron chi connectivity index (χ1n) is 9.26. The van der Waals surface area contributed by atoms with E-state index in [2.05, 4.69) is 0 Å². The van der Waals surface area contributed by atoms with Crippen molar-refractivity contribution in [3.63, 3.8) is 0 Å². The number of rotatable bonds is 8. The van der Waals surface area contributed by atoms with Crippen molar-refractivity contribution in [2.75, 3.05) is 13.2 Å². The number of hydrogen-bond acceptors (Lipinski definition) is 6. The van der Waals surface area contributed by atoms with Gasteiger partial charge in [0.15, 0.2) is 5.78 Å². The summed E-state index contributed by atoms with van der Waals surface area (Å²) in [5.74, 6) is -0.554. The highest BCUT2D eigenvalue weighted by atomic mass is 31.2. The second kappa shape index (κ2) is 8.60. The van der Waals surface area contributed by atoms with Crippen LogP contribution >= 0.6 is 7.60 Å². The molecule has 8 heteroatoms. The molecular formula is C20H28NO6P. The molecule has 0 bridgehead atoms. The Morgan fingerprint density at radius 3 is 2.21 bits per heavy atom. The standard InChI is InChI=1S/C20H28NO6P/c1-7-25-28(24,26-8-2)15-9-10-16-17(14(3)22)12-21(18(16)11-15)13-19(23)27-20(4,5)6/h9-12H,7-8,13H2,1-6H3. The predicted octanol–water partition coefficient (Wildman–Crippen LogP) is 4.08. The summed E-state index contributed by atoms with van der Waals surface area (Å²) in [6.07, 6.45) is 1.62. The lowest BCUT2D eigenvalue weighted by Crippen LogP contribution is -2.26. The van der Waals surface area contributed by atoms with Crippen LogP contribution in [0.1, 0.15) is 51.9 Å². The van der Waals surface area contributed by atoms with Crippen LogP contribution < -0.4 is 5.30 Å². The summed E-state index contributed by atoms with van der Waals surface area (Å²) >= 11 is 0. The minimum Gasteiger partial charge on any atom is -0.459 e. The van der Waals surface area contributed by atoms with Crippen LogP contribution in [-0.2, 0) is 29.7 Å². The number of carbonyl (C=O) groups excluding carboxylic acids is 2. The lowest BCUT2D eigenvalue weighted by atomic mass is 10.1. The highest BCUT2D eigenvalue weighted by molar-refractivity contribution is 7.62. The Morgan fingerprint density at radius 1 is 1.11 bits per heavy atom. The minimum absolute atomic E-state index is 0.0714. The van der Waals surface area contributed by atoms with Gasteiger partial charge in [0.2, 0.25) is 0 Å². The van der Waals surface area contributed by atoms with E-state index in [9.17, 15) is 14.2 Å². The van der Waals surface area contributed by atoms with Gasteiger partial charge < -0.3 is 18.4 Å². The van der Waals surface area contributed by atoms with Crippen molar-refractivity contribution >= 4 is 35.6 Å². The number of carbonyl (C=O) groups is 2. The first-order valence-corrected chi connectivity index (χ1v) is 10.8. The lowest BCUT2D eigenvalue weighted by molar-refractivity contribution is -0.155. The third-order valence-electron chi connectivity index (χ3n) is 3.88. The minimum atomic E-state index is -3.49. The summed E-state index contributed by atoms with van der Waals surface area (Å²) in [5.41, 5.74) is 0.454. The average Bonchev–Trinajstić information content (AvgIpc) is 2.91. The molecule has 0 amide bonds. The van der Waals surface area contributed by atoms with Crippen LogP contribution in [0, 0.1) is 0 Å². The maximum absolute atomic E-state index is 13.1. The van der Waals surface area contributed by atoms with Crippen LogP contribution in [0.4, 0.5) is 0 Å². The first-order chi connectivity index (χ1) is 13.0. The Hall–Kier alpha value is -1.95. The maximum atomic E-state index is 13.1. The van der Waals surface area contributed by atoms with Crippen LogP contribution in [0.15, 0.2) is 24.4 Å². The molecule has 0 saturated heterocycles. The molecule has 2 aromatic rings. The van der Waals surface area contributed by atoms with Gasteiger partial charge in [0.1, 0.15) is 12.1 Å². The van der Waals surface area contributed by atoms with Gasteiger partial charge in [-0.15, -0.1) is 0 Å². The summed E-state index contributed by atoms with van der Waals surface area (Å²) in [7, 11) is -3.49. The summed E-state index contributed by atoms with van der Waals surface area (Å²) in [4.78, 5) is 24.3. The van der Waals surface area contributed by atoms with Gasteiger partial charge in [-0.3, -0.25) is 14.2 Å². The van der Waals surface area contributed by atoms with Crippen LogP contribution in [0.2, 0.25) is 0 Å². The quantitative estimate of drug-likeness (QED) is 0.371. The van der Waals surface area contributed by atoms with E-state index in [1.54, 1.807) is 63.6 Å². The van der Waals surface area contributed by atoms with Gasteiger partial charge in [0.05, 0.1) is 24.0 Å². The molecule has 0 spiro atoms. The van der Waals surface area contributed by atoms with Gasteiger partial charge in [-0.2, -0.15) is 0 Å². The molecule has 0 atom stereocenters. The molecule has 0 N–H and O–H groups in total. The van der Waals surface area contributed by atoms with E-state index in [0.717, 1.165) is 0 Å². The van der Waals surface area contributed by atoms with E-state index in [4.69, 9.17) is 13.8 Å². The van der Waals surface area contributed by atoms with Crippen molar-refractivity contribution in [2.45, 2.75) is 53.7 Å². The zero-order valence-electron chi connectivity index (χ0n) is 17.3. The maximum Gasteiger partial charge on any atom is 0.361 e. The molecule has 0 aliphatic carbocycles. The second-order valence-electron chi connectivity index (χ2n) is 7.35. The third-order valence-corrected chi connectivity index (χ3v) is 5.99. The number of esters is 1. The van der Waals surface area contributed by atoms with Crippen molar-refractivity contribution in [3.05, 3.63) is 30.0 Å². The largest absolute Gasteiger partial charge is 0.459 e. The van der Waals surface area contributed by atoms with E-state index in [-0.39, 0.29) is 25.5 Å². The molecule has 0 radical (unpaired) electrons. The fourth-order valence-corrected chi connectivity index (χ4v) is 4.49. The summed E-state index contributed by atoms with van der Waals surface area (Å²) < 4.78 is 30.9. The monoisotopic (exact) mass is 409 g/mol. The average molecular weight is 409 g/mol. The number of ketones is 1. The molecule has 1 aromatic heterocycles. The molecule has 2 rings (SSSR count). The lowest BCUT2D eigenvalue weighted by Gasteiger charge is -2.20. The number of benzene rings is 1. The molecule has 28 heavy (non-hydrogen) atoms. The van der Waals surface area contributed by atoms with Crippen LogP contribution in [0.3, 0.4) is 0 Å². The van der Waals surface area contributed by atoms with E-state index in [1.165, 1.54) is 6.92 Å². The first kappa shape index (κ1) is 22.3. The normalized spacial score (nSPS) is 12.4. The number of fused-ring (bicyclic) bond motifs is 1. The van der Waals surface area contributed by atoms with E-state index >= 15 is 0 Å². The molecule has 1 heterocycles. The molecule has 0 aliphatic rings. The van der Waals surface area contributed by atoms with Crippen molar-refractivity contribution in [1.82, 2.24) is 4.57 Å². The topological polar surface area (TPSA) is 83.8 Å². The smallest absolute Gasteiger partial charge is 0.361 e. The van der Waals surface area contributed by atoms with Gasteiger partial charge in [-0.25, -0.2) is 0 Å². The molecule has 0 unspecified atom stereocenters. The third kappa shape index (κ3) is 5.10. The van der Waals surface area contributed by atoms with Crippen LogP contribution in [0.25, 0.3) is 10.9 Å². The zero-order valence-corrected chi connectivity index (χ0v) is 18.2. The Bertz CT molecular complexity index is 915. The van der Waals surface area contributed by atoms with Crippen LogP contribution in [0.5, 0.6) is 0 Å². The van der Waals surface area contributed by atoms with Crippen molar-refractivity contribution in [1.29, 1.82) is 0 Å². The Morgan fingerprint density at radius 2 is 1.71 bits per heavy atom. The fraction of sp³-hybridized carbons (Fsp3) is 0.500. The Balaban J connectivity index is 2.56. The Kier molecular flexibility index (Phi) is 6.86. The van der Waals surface area contributed by atoms with Gasteiger partial charge in [0, 0.05) is 17.1 Å². The summed E-state index contributed by atoms with van der Waals surface area (Å²) in [6.45, 7) is 10.7. The summed E-state index contributed by atoms with van der Waals surface area (Å²) in [6, 6.07) is 4.99. The molecule has 0 fully saturated rings. The second-order valence-corrected chi connectivity index (χ2v) is 9.38. The van der Waals surface area contributed by atoms with Gasteiger partial charge in [0.25, 0.3) is 0 Å². The number of hydrogen-bond donors (Lipinski definition) is 0.